The summed E-state index contributed by atoms with van der Waals surface area (Å²) in [6.07, 6.45) is 3.98. The van der Waals surface area contributed by atoms with E-state index in [-0.39, 0.29) is 24.0 Å². The second-order valence-electron chi connectivity index (χ2n) is 7.45. The molecule has 9 nitrogen and oxygen atoms in total. The van der Waals surface area contributed by atoms with Crippen LogP contribution in [-0.2, 0) is 6.54 Å². The molecule has 0 spiro atoms. The van der Waals surface area contributed by atoms with Gasteiger partial charge in [-0.3, -0.25) is 9.39 Å². The fourth-order valence-electron chi connectivity index (χ4n) is 3.82. The van der Waals surface area contributed by atoms with Crippen molar-refractivity contribution in [2.75, 3.05) is 39.3 Å². The van der Waals surface area contributed by atoms with E-state index in [1.807, 2.05) is 34.9 Å². The third-order valence-electron chi connectivity index (χ3n) is 5.56. The largest absolute Gasteiger partial charge is 0.497 e. The van der Waals surface area contributed by atoms with E-state index in [0.29, 0.717) is 12.6 Å². The fraction of sp³-hybridized carbons (Fsp3) is 0.409. The third-order valence-corrected chi connectivity index (χ3v) is 5.56. The van der Waals surface area contributed by atoms with E-state index in [2.05, 4.69) is 42.9 Å². The van der Waals surface area contributed by atoms with Gasteiger partial charge in [-0.15, -0.1) is 34.2 Å². The van der Waals surface area contributed by atoms with Gasteiger partial charge in [-0.05, 0) is 25.0 Å². The van der Waals surface area contributed by atoms with E-state index in [1.54, 1.807) is 21.3 Å². The van der Waals surface area contributed by atoms with Gasteiger partial charge < -0.3 is 25.0 Å². The summed E-state index contributed by atoms with van der Waals surface area (Å²) in [6.45, 7) is 2.44. The number of aromatic nitrogens is 3. The normalized spacial score (nSPS) is 14.7. The quantitative estimate of drug-likeness (QED) is 0.277. The molecule has 0 amide bonds. The minimum Gasteiger partial charge on any atom is -0.497 e. The minimum atomic E-state index is 0. The smallest absolute Gasteiger partial charge is 0.191 e. The topological polar surface area (TPSA) is 88.3 Å². The lowest BCUT2D eigenvalue weighted by Gasteiger charge is -2.34. The van der Waals surface area contributed by atoms with Crippen LogP contribution in [0.2, 0.25) is 0 Å². The number of guanidine groups is 1. The number of nitrogens with one attached hydrogen (secondary N) is 2. The summed E-state index contributed by atoms with van der Waals surface area (Å²) in [4.78, 5) is 6.74. The van der Waals surface area contributed by atoms with Crippen LogP contribution in [0, 0.1) is 0 Å². The van der Waals surface area contributed by atoms with Crippen LogP contribution in [0.15, 0.2) is 47.6 Å². The highest BCUT2D eigenvalue weighted by Crippen LogP contribution is 2.30. The van der Waals surface area contributed by atoms with Crippen molar-refractivity contribution in [2.45, 2.75) is 25.4 Å². The number of aliphatic imine (C=N–C) groups is 1. The Morgan fingerprint density at radius 3 is 2.47 bits per heavy atom. The van der Waals surface area contributed by atoms with Crippen molar-refractivity contribution in [3.63, 3.8) is 0 Å². The standard InChI is InChI=1S/C22H29N7O2.HI/c1-23-22(24-15-21-27-26-20-6-4-5-9-29(20)21)25-16-7-10-28(11-8-16)17-12-18(30-2)14-19(13-17)31-3;/h4-6,9,12-14,16H,7-8,10-11,15H2,1-3H3,(H2,23,24,25);1H. The molecule has 32 heavy (non-hydrogen) atoms. The van der Waals surface area contributed by atoms with E-state index in [9.17, 15) is 0 Å². The Morgan fingerprint density at radius 1 is 1.09 bits per heavy atom. The number of nitrogens with zero attached hydrogens (tertiary/aromatic N) is 5. The molecule has 1 aromatic carbocycles. The predicted octanol–water partition coefficient (Wildman–Crippen LogP) is 2.70. The molecular formula is C22H30IN7O2. The lowest BCUT2D eigenvalue weighted by atomic mass is 10.0. The maximum Gasteiger partial charge on any atom is 0.191 e. The zero-order valence-electron chi connectivity index (χ0n) is 18.6. The summed E-state index contributed by atoms with van der Waals surface area (Å²) in [5.41, 5.74) is 1.96. The molecule has 0 bridgehead atoms. The van der Waals surface area contributed by atoms with Crippen LogP contribution in [0.5, 0.6) is 11.5 Å². The van der Waals surface area contributed by atoms with Gasteiger partial charge in [0.1, 0.15) is 11.5 Å². The minimum absolute atomic E-state index is 0. The molecule has 3 heterocycles. The lowest BCUT2D eigenvalue weighted by Crippen LogP contribution is -2.48. The molecule has 1 saturated heterocycles. The number of halogens is 1. The SMILES string of the molecule is CN=C(NCc1nnc2ccccn12)NC1CCN(c2cc(OC)cc(OC)c2)CC1.I. The predicted molar refractivity (Wildman–Crippen MR) is 137 cm³/mol. The Morgan fingerprint density at radius 2 is 1.81 bits per heavy atom. The summed E-state index contributed by atoms with van der Waals surface area (Å²) in [5.74, 6) is 3.23. The first kappa shape index (κ1) is 23.9. The van der Waals surface area contributed by atoms with E-state index < -0.39 is 0 Å². The van der Waals surface area contributed by atoms with Crippen molar-refractivity contribution in [3.8, 4) is 11.5 Å². The van der Waals surface area contributed by atoms with Crippen molar-refractivity contribution in [1.29, 1.82) is 0 Å². The molecule has 3 aromatic rings. The molecule has 0 aliphatic carbocycles. The first-order chi connectivity index (χ1) is 15.2. The van der Waals surface area contributed by atoms with Gasteiger partial charge in [0.05, 0.1) is 20.8 Å². The van der Waals surface area contributed by atoms with Gasteiger partial charge in [-0.2, -0.15) is 0 Å². The van der Waals surface area contributed by atoms with Crippen molar-refractivity contribution in [2.24, 2.45) is 4.99 Å². The van der Waals surface area contributed by atoms with Gasteiger partial charge in [-0.25, -0.2) is 0 Å². The number of fused-ring (bicyclic) bond motifs is 1. The first-order valence-corrected chi connectivity index (χ1v) is 10.4. The summed E-state index contributed by atoms with van der Waals surface area (Å²) in [5, 5.41) is 15.3. The fourth-order valence-corrected chi connectivity index (χ4v) is 3.82. The number of pyridine rings is 1. The van der Waals surface area contributed by atoms with E-state index in [4.69, 9.17) is 9.47 Å². The molecule has 0 atom stereocenters. The number of rotatable bonds is 6. The number of anilines is 1. The third kappa shape index (κ3) is 5.53. The van der Waals surface area contributed by atoms with Gasteiger partial charge >= 0.3 is 0 Å². The van der Waals surface area contributed by atoms with Crippen LogP contribution in [-0.4, -0.2) is 61.0 Å². The zero-order valence-corrected chi connectivity index (χ0v) is 20.9. The Kier molecular flexibility index (Phi) is 8.37. The van der Waals surface area contributed by atoms with Crippen molar-refractivity contribution in [1.82, 2.24) is 25.2 Å². The summed E-state index contributed by atoms with van der Waals surface area (Å²) < 4.78 is 12.8. The Hall–Kier alpha value is -2.76. The highest BCUT2D eigenvalue weighted by Gasteiger charge is 2.21. The van der Waals surface area contributed by atoms with Gasteiger partial charge in [0.25, 0.3) is 0 Å². The highest BCUT2D eigenvalue weighted by atomic mass is 127. The molecule has 10 heteroatoms. The Bertz CT molecular complexity index is 1030. The van der Waals surface area contributed by atoms with Crippen LogP contribution >= 0.6 is 24.0 Å². The van der Waals surface area contributed by atoms with Gasteiger partial charge in [0.2, 0.25) is 0 Å². The van der Waals surface area contributed by atoms with Gasteiger partial charge in [0.15, 0.2) is 17.4 Å². The molecule has 0 unspecified atom stereocenters. The van der Waals surface area contributed by atoms with Crippen LogP contribution in [0.1, 0.15) is 18.7 Å². The summed E-state index contributed by atoms with van der Waals surface area (Å²) in [7, 11) is 5.14. The molecule has 1 aliphatic rings. The van der Waals surface area contributed by atoms with Crippen LogP contribution in [0.25, 0.3) is 5.65 Å². The molecular weight excluding hydrogens is 521 g/mol. The molecule has 1 fully saturated rings. The number of hydrogen-bond donors (Lipinski definition) is 2. The van der Waals surface area contributed by atoms with Crippen molar-refractivity contribution in [3.05, 3.63) is 48.4 Å². The first-order valence-electron chi connectivity index (χ1n) is 10.4. The van der Waals surface area contributed by atoms with E-state index in [0.717, 1.165) is 60.5 Å². The summed E-state index contributed by atoms with van der Waals surface area (Å²) >= 11 is 0. The molecule has 2 aromatic heterocycles. The van der Waals surface area contributed by atoms with Crippen molar-refractivity contribution >= 4 is 41.3 Å². The maximum absolute atomic E-state index is 5.41. The molecule has 1 aliphatic heterocycles. The average molecular weight is 551 g/mol. The van der Waals surface area contributed by atoms with Crippen LogP contribution in [0.3, 0.4) is 0 Å². The number of piperidine rings is 1. The molecule has 0 saturated carbocycles. The monoisotopic (exact) mass is 551 g/mol. The number of ether oxygens (including phenoxy) is 2. The van der Waals surface area contributed by atoms with Gasteiger partial charge in [-0.1, -0.05) is 6.07 Å². The van der Waals surface area contributed by atoms with E-state index >= 15 is 0 Å². The number of hydrogen-bond acceptors (Lipinski definition) is 6. The second kappa shape index (κ2) is 11.2. The molecule has 0 radical (unpaired) electrons. The number of benzene rings is 1. The van der Waals surface area contributed by atoms with E-state index in [1.165, 1.54) is 0 Å². The molecule has 172 valence electrons. The van der Waals surface area contributed by atoms with Crippen LogP contribution < -0.4 is 25.0 Å². The molecule has 2 N–H and O–H groups in total. The number of methoxy groups -OCH3 is 2. The second-order valence-corrected chi connectivity index (χ2v) is 7.45. The summed E-state index contributed by atoms with van der Waals surface area (Å²) in [6, 6.07) is 12.2. The maximum atomic E-state index is 5.41. The highest BCUT2D eigenvalue weighted by molar-refractivity contribution is 14.0. The Labute approximate surface area is 205 Å². The van der Waals surface area contributed by atoms with Crippen molar-refractivity contribution < 1.29 is 9.47 Å². The lowest BCUT2D eigenvalue weighted by molar-refractivity contribution is 0.393. The molecule has 4 rings (SSSR count). The van der Waals surface area contributed by atoms with Crippen LogP contribution in [0.4, 0.5) is 5.69 Å². The zero-order chi connectivity index (χ0) is 21.6. The van der Waals surface area contributed by atoms with Gasteiger partial charge in [0, 0.05) is 56.3 Å². The average Bonchev–Trinajstić information content (AvgIpc) is 3.25. The Balaban J connectivity index is 0.00000289.